The Morgan fingerprint density at radius 2 is 2.04 bits per heavy atom. The summed E-state index contributed by atoms with van der Waals surface area (Å²) in [6, 6.07) is 6.94. The molecule has 0 bridgehead atoms. The number of benzene rings is 1. The van der Waals surface area contributed by atoms with E-state index in [1.807, 2.05) is 0 Å². The van der Waals surface area contributed by atoms with E-state index in [0.717, 1.165) is 30.6 Å². The molecule has 2 aromatic rings. The van der Waals surface area contributed by atoms with Gasteiger partial charge < -0.3 is 10.1 Å². The van der Waals surface area contributed by atoms with Crippen molar-refractivity contribution in [2.45, 2.75) is 32.7 Å². The lowest BCUT2D eigenvalue weighted by molar-refractivity contribution is -0.122. The highest BCUT2D eigenvalue weighted by molar-refractivity contribution is 5.78. The summed E-state index contributed by atoms with van der Waals surface area (Å²) in [6.07, 6.45) is 2.90. The second kappa shape index (κ2) is 8.99. The van der Waals surface area contributed by atoms with Gasteiger partial charge in [-0.1, -0.05) is 30.7 Å². The van der Waals surface area contributed by atoms with E-state index in [1.54, 1.807) is 24.3 Å². The lowest BCUT2D eigenvalue weighted by Crippen LogP contribution is -2.34. The predicted molar refractivity (Wildman–Crippen MR) is 87.2 cm³/mol. The van der Waals surface area contributed by atoms with Crippen LogP contribution in [0.4, 0.5) is 0 Å². The number of aromatic nitrogens is 3. The number of rotatable bonds is 9. The fraction of sp³-hybridized carbons (Fsp3) is 0.500. The molecular formula is C16H22N4O3. The van der Waals surface area contributed by atoms with E-state index < -0.39 is 0 Å². The third kappa shape index (κ3) is 5.14. The first-order valence-electron chi connectivity index (χ1n) is 7.89. The molecule has 0 aliphatic heterocycles. The standard InChI is InChI=1S/C16H22N4O3/c1-2-3-10-23-11-6-9-17-15(21)12-20-16(22)13-7-4-5-8-14(13)18-19-20/h4-5,7-8H,2-3,6,9-12H2,1H3,(H,17,21). The number of carbonyl (C=O) groups excluding carboxylic acids is 1. The number of nitrogens with one attached hydrogen (secondary N) is 1. The molecule has 1 N–H and O–H groups in total. The highest BCUT2D eigenvalue weighted by Gasteiger charge is 2.08. The van der Waals surface area contributed by atoms with Crippen LogP contribution in [-0.2, 0) is 16.1 Å². The Balaban J connectivity index is 1.79. The van der Waals surface area contributed by atoms with Crippen LogP contribution in [0.25, 0.3) is 10.9 Å². The molecule has 2 rings (SSSR count). The van der Waals surface area contributed by atoms with Crippen molar-refractivity contribution < 1.29 is 9.53 Å². The highest BCUT2D eigenvalue weighted by Crippen LogP contribution is 2.03. The molecule has 0 saturated heterocycles. The zero-order chi connectivity index (χ0) is 16.5. The largest absolute Gasteiger partial charge is 0.381 e. The van der Waals surface area contributed by atoms with E-state index in [0.29, 0.717) is 24.1 Å². The summed E-state index contributed by atoms with van der Waals surface area (Å²) < 4.78 is 6.49. The van der Waals surface area contributed by atoms with Crippen LogP contribution in [0.2, 0.25) is 0 Å². The van der Waals surface area contributed by atoms with Gasteiger partial charge >= 0.3 is 0 Å². The van der Waals surface area contributed by atoms with E-state index in [4.69, 9.17) is 4.74 Å². The molecule has 7 heteroatoms. The van der Waals surface area contributed by atoms with Crippen LogP contribution in [0.3, 0.4) is 0 Å². The minimum atomic E-state index is -0.311. The molecule has 1 aromatic heterocycles. The second-order valence-corrected chi connectivity index (χ2v) is 5.24. The zero-order valence-corrected chi connectivity index (χ0v) is 13.3. The predicted octanol–water partition coefficient (Wildman–Crippen LogP) is 1.11. The molecule has 7 nitrogen and oxygen atoms in total. The summed E-state index contributed by atoms with van der Waals surface area (Å²) >= 11 is 0. The minimum Gasteiger partial charge on any atom is -0.381 e. The Kier molecular flexibility index (Phi) is 6.68. The summed E-state index contributed by atoms with van der Waals surface area (Å²) in [5.74, 6) is -0.259. The Morgan fingerprint density at radius 3 is 2.87 bits per heavy atom. The van der Waals surface area contributed by atoms with Crippen LogP contribution in [0.5, 0.6) is 0 Å². The van der Waals surface area contributed by atoms with Crippen molar-refractivity contribution in [3.8, 4) is 0 Å². The van der Waals surface area contributed by atoms with E-state index in [9.17, 15) is 9.59 Å². The number of amides is 1. The maximum Gasteiger partial charge on any atom is 0.278 e. The van der Waals surface area contributed by atoms with Gasteiger partial charge in [0.2, 0.25) is 5.91 Å². The molecule has 0 saturated carbocycles. The average molecular weight is 318 g/mol. The lowest BCUT2D eigenvalue weighted by Gasteiger charge is -2.07. The first kappa shape index (κ1) is 17.1. The molecule has 0 unspecified atom stereocenters. The van der Waals surface area contributed by atoms with Crippen LogP contribution in [-0.4, -0.2) is 40.7 Å². The molecule has 0 spiro atoms. The molecule has 0 atom stereocenters. The first-order valence-corrected chi connectivity index (χ1v) is 7.89. The monoisotopic (exact) mass is 318 g/mol. The summed E-state index contributed by atoms with van der Waals surface area (Å²) in [6.45, 7) is 3.87. The lowest BCUT2D eigenvalue weighted by atomic mass is 10.2. The van der Waals surface area contributed by atoms with Gasteiger partial charge in [0.15, 0.2) is 0 Å². The molecule has 0 aliphatic rings. The zero-order valence-electron chi connectivity index (χ0n) is 13.3. The molecule has 0 radical (unpaired) electrons. The van der Waals surface area contributed by atoms with Gasteiger partial charge in [0, 0.05) is 19.8 Å². The topological polar surface area (TPSA) is 86.1 Å². The average Bonchev–Trinajstić information content (AvgIpc) is 2.57. The number of unbranched alkanes of at least 4 members (excludes halogenated alkanes) is 1. The van der Waals surface area contributed by atoms with Gasteiger partial charge in [0.1, 0.15) is 12.1 Å². The van der Waals surface area contributed by atoms with Gasteiger partial charge in [-0.3, -0.25) is 9.59 Å². The van der Waals surface area contributed by atoms with E-state index in [1.165, 1.54) is 0 Å². The minimum absolute atomic E-state index is 0.132. The smallest absolute Gasteiger partial charge is 0.278 e. The summed E-state index contributed by atoms with van der Waals surface area (Å²) in [5.41, 5.74) is 0.215. The number of hydrogen-bond donors (Lipinski definition) is 1. The quantitative estimate of drug-likeness (QED) is 0.700. The van der Waals surface area contributed by atoms with Crippen molar-refractivity contribution >= 4 is 16.8 Å². The van der Waals surface area contributed by atoms with Crippen molar-refractivity contribution in [2.75, 3.05) is 19.8 Å². The van der Waals surface area contributed by atoms with Crippen LogP contribution >= 0.6 is 0 Å². The Morgan fingerprint density at radius 1 is 1.26 bits per heavy atom. The summed E-state index contributed by atoms with van der Waals surface area (Å²) in [4.78, 5) is 24.1. The molecule has 1 aromatic carbocycles. The molecule has 124 valence electrons. The maximum absolute atomic E-state index is 12.2. The molecule has 23 heavy (non-hydrogen) atoms. The number of ether oxygens (including phenoxy) is 1. The maximum atomic E-state index is 12.2. The van der Waals surface area contributed by atoms with E-state index in [2.05, 4.69) is 22.6 Å². The van der Waals surface area contributed by atoms with Crippen LogP contribution < -0.4 is 10.9 Å². The van der Waals surface area contributed by atoms with Gasteiger partial charge in [-0.15, -0.1) is 5.10 Å². The van der Waals surface area contributed by atoms with Crippen molar-refractivity contribution in [2.24, 2.45) is 0 Å². The molecular weight excluding hydrogens is 296 g/mol. The number of carbonyl (C=O) groups is 1. The van der Waals surface area contributed by atoms with Crippen LogP contribution in [0, 0.1) is 0 Å². The molecule has 0 fully saturated rings. The van der Waals surface area contributed by atoms with Gasteiger partial charge in [0.25, 0.3) is 5.56 Å². The van der Waals surface area contributed by atoms with Crippen LogP contribution in [0.15, 0.2) is 29.1 Å². The van der Waals surface area contributed by atoms with Crippen molar-refractivity contribution in [1.82, 2.24) is 20.3 Å². The normalized spacial score (nSPS) is 10.8. The molecule has 0 aliphatic carbocycles. The third-order valence-electron chi connectivity index (χ3n) is 3.35. The van der Waals surface area contributed by atoms with Gasteiger partial charge in [-0.25, -0.2) is 4.68 Å². The highest BCUT2D eigenvalue weighted by atomic mass is 16.5. The Labute approximate surface area is 134 Å². The molecule has 1 amide bonds. The Bertz CT molecular complexity index is 699. The number of hydrogen-bond acceptors (Lipinski definition) is 5. The fourth-order valence-electron chi connectivity index (χ4n) is 2.07. The van der Waals surface area contributed by atoms with Gasteiger partial charge in [-0.2, -0.15) is 0 Å². The fourth-order valence-corrected chi connectivity index (χ4v) is 2.07. The van der Waals surface area contributed by atoms with Gasteiger partial charge in [0.05, 0.1) is 5.39 Å². The number of nitrogens with zero attached hydrogens (tertiary/aromatic N) is 3. The third-order valence-corrected chi connectivity index (χ3v) is 3.35. The van der Waals surface area contributed by atoms with E-state index in [-0.39, 0.29) is 18.0 Å². The van der Waals surface area contributed by atoms with Crippen molar-refractivity contribution in [3.63, 3.8) is 0 Å². The number of fused-ring (bicyclic) bond motifs is 1. The Hall–Kier alpha value is -2.28. The van der Waals surface area contributed by atoms with E-state index >= 15 is 0 Å². The van der Waals surface area contributed by atoms with Gasteiger partial charge in [-0.05, 0) is 25.0 Å². The first-order chi connectivity index (χ1) is 11.2. The van der Waals surface area contributed by atoms with Crippen molar-refractivity contribution in [1.29, 1.82) is 0 Å². The second-order valence-electron chi connectivity index (χ2n) is 5.24. The van der Waals surface area contributed by atoms with Crippen LogP contribution in [0.1, 0.15) is 26.2 Å². The SMILES string of the molecule is CCCCOCCCNC(=O)Cn1nnc2ccccc2c1=O. The summed E-state index contributed by atoms with van der Waals surface area (Å²) in [5, 5.41) is 10.9. The summed E-state index contributed by atoms with van der Waals surface area (Å²) in [7, 11) is 0. The van der Waals surface area contributed by atoms with Crippen molar-refractivity contribution in [3.05, 3.63) is 34.6 Å². The molecule has 1 heterocycles.